The van der Waals surface area contributed by atoms with Gasteiger partial charge in [-0.05, 0) is 48.2 Å². The van der Waals surface area contributed by atoms with Gasteiger partial charge >= 0.3 is 0 Å². The first-order valence-corrected chi connectivity index (χ1v) is 12.2. The highest BCUT2D eigenvalue weighted by Crippen LogP contribution is 2.34. The maximum Gasteiger partial charge on any atom is 0.226 e. The second-order valence-corrected chi connectivity index (χ2v) is 9.32. The topological polar surface area (TPSA) is 38.5 Å². The number of aryl methyl sites for hydroxylation is 1. The maximum absolute atomic E-state index is 6.03. The quantitative estimate of drug-likeness (QED) is 0.306. The van der Waals surface area contributed by atoms with E-state index in [0.29, 0.717) is 24.3 Å². The Morgan fingerprint density at radius 3 is 2.35 bits per heavy atom. The van der Waals surface area contributed by atoms with Gasteiger partial charge in [0.1, 0.15) is 11.5 Å². The molecule has 4 heteroatoms. The molecule has 3 aromatic carbocycles. The van der Waals surface area contributed by atoms with Gasteiger partial charge < -0.3 is 9.15 Å². The van der Waals surface area contributed by atoms with Crippen molar-refractivity contribution < 1.29 is 9.15 Å². The van der Waals surface area contributed by atoms with Crippen molar-refractivity contribution in [2.24, 2.45) is 5.92 Å². The lowest BCUT2D eigenvalue weighted by atomic mass is 9.90. The van der Waals surface area contributed by atoms with E-state index in [4.69, 9.17) is 9.15 Å². The van der Waals surface area contributed by atoms with Crippen molar-refractivity contribution in [3.05, 3.63) is 108 Å². The number of hydrogen-bond acceptors (Lipinski definition) is 4. The van der Waals surface area contributed by atoms with Crippen LogP contribution >= 0.6 is 0 Å². The van der Waals surface area contributed by atoms with Gasteiger partial charge in [-0.2, -0.15) is 0 Å². The van der Waals surface area contributed by atoms with Gasteiger partial charge in [0.25, 0.3) is 0 Å². The van der Waals surface area contributed by atoms with E-state index in [9.17, 15) is 0 Å². The molecule has 0 bridgehead atoms. The molecule has 34 heavy (non-hydrogen) atoms. The second-order valence-electron chi connectivity index (χ2n) is 9.32. The van der Waals surface area contributed by atoms with Gasteiger partial charge in [0.15, 0.2) is 0 Å². The lowest BCUT2D eigenvalue weighted by Gasteiger charge is -2.17. The monoisotopic (exact) mass is 452 g/mol. The first kappa shape index (κ1) is 22.4. The Kier molecular flexibility index (Phi) is 6.77. The number of rotatable bonds is 8. The van der Waals surface area contributed by atoms with E-state index in [1.165, 1.54) is 11.1 Å². The summed E-state index contributed by atoms with van der Waals surface area (Å²) in [6, 6.07) is 29.4. The van der Waals surface area contributed by atoms with Crippen LogP contribution in [0.25, 0.3) is 11.5 Å². The molecule has 0 spiro atoms. The number of aromatic nitrogens is 1. The third kappa shape index (κ3) is 5.23. The predicted octanol–water partition coefficient (Wildman–Crippen LogP) is 6.51. The van der Waals surface area contributed by atoms with E-state index >= 15 is 0 Å². The molecule has 1 aliphatic rings. The minimum atomic E-state index is 0.562. The van der Waals surface area contributed by atoms with Crippen LogP contribution in [0.15, 0.2) is 89.3 Å². The fraction of sp³-hybridized carbons (Fsp3) is 0.300. The Hall–Kier alpha value is -3.37. The Balaban J connectivity index is 1.14. The van der Waals surface area contributed by atoms with E-state index in [1.54, 1.807) is 0 Å². The third-order valence-electron chi connectivity index (χ3n) is 6.77. The van der Waals surface area contributed by atoms with Gasteiger partial charge in [-0.3, -0.25) is 4.90 Å². The van der Waals surface area contributed by atoms with E-state index in [1.807, 2.05) is 37.3 Å². The number of nitrogens with zero attached hydrogens (tertiary/aromatic N) is 2. The average molecular weight is 453 g/mol. The van der Waals surface area contributed by atoms with Crippen molar-refractivity contribution in [3.63, 3.8) is 0 Å². The summed E-state index contributed by atoms with van der Waals surface area (Å²) in [6.45, 7) is 8.17. The lowest BCUT2D eigenvalue weighted by molar-refractivity contribution is 0.318. The van der Waals surface area contributed by atoms with Crippen LogP contribution in [0.4, 0.5) is 0 Å². The van der Waals surface area contributed by atoms with Crippen molar-refractivity contribution in [2.75, 3.05) is 19.7 Å². The molecule has 0 radical (unpaired) electrons. The summed E-state index contributed by atoms with van der Waals surface area (Å²) in [7, 11) is 0. The number of oxazole rings is 1. The van der Waals surface area contributed by atoms with Crippen LogP contribution in [-0.4, -0.2) is 29.6 Å². The fourth-order valence-electron chi connectivity index (χ4n) is 4.91. The van der Waals surface area contributed by atoms with Gasteiger partial charge in [-0.25, -0.2) is 4.98 Å². The molecule has 1 fully saturated rings. The van der Waals surface area contributed by atoms with Crippen LogP contribution in [0, 0.1) is 12.8 Å². The molecule has 2 atom stereocenters. The molecule has 0 aliphatic carbocycles. The number of likely N-dealkylation sites (tertiary alicyclic amines) is 1. The number of ether oxygens (including phenoxy) is 1. The van der Waals surface area contributed by atoms with E-state index in [0.717, 1.165) is 48.8 Å². The molecule has 0 unspecified atom stereocenters. The van der Waals surface area contributed by atoms with E-state index in [2.05, 4.69) is 71.4 Å². The van der Waals surface area contributed by atoms with Crippen LogP contribution in [0.3, 0.4) is 0 Å². The molecule has 0 amide bonds. The van der Waals surface area contributed by atoms with Gasteiger partial charge in [0.2, 0.25) is 5.89 Å². The zero-order valence-electron chi connectivity index (χ0n) is 20.0. The van der Waals surface area contributed by atoms with Crippen molar-refractivity contribution in [3.8, 4) is 17.2 Å². The van der Waals surface area contributed by atoms with E-state index in [-0.39, 0.29) is 0 Å². The summed E-state index contributed by atoms with van der Waals surface area (Å²) in [5, 5.41) is 0. The molecule has 4 nitrogen and oxygen atoms in total. The summed E-state index contributed by atoms with van der Waals surface area (Å²) in [6.07, 6.45) is 0.720. The molecular formula is C30H32N2O2. The smallest absolute Gasteiger partial charge is 0.226 e. The van der Waals surface area contributed by atoms with Crippen molar-refractivity contribution in [2.45, 2.75) is 32.7 Å². The van der Waals surface area contributed by atoms with Gasteiger partial charge in [-0.1, -0.05) is 67.6 Å². The molecule has 174 valence electrons. The summed E-state index contributed by atoms with van der Waals surface area (Å²) in [4.78, 5) is 7.24. The highest BCUT2D eigenvalue weighted by Gasteiger charge is 2.30. The second kappa shape index (κ2) is 10.3. The van der Waals surface area contributed by atoms with Crippen LogP contribution in [0.2, 0.25) is 0 Å². The molecule has 0 saturated carbocycles. The molecule has 1 aliphatic heterocycles. The Morgan fingerprint density at radius 2 is 1.62 bits per heavy atom. The van der Waals surface area contributed by atoms with Crippen molar-refractivity contribution in [1.82, 2.24) is 9.88 Å². The SMILES string of the molecule is Cc1oc(-c2ccccc2)nc1CCOc1ccc([C@H]2CN(Cc3ccccc3)C[C@@H]2C)cc1. The molecular weight excluding hydrogens is 420 g/mol. The largest absolute Gasteiger partial charge is 0.493 e. The van der Waals surface area contributed by atoms with Crippen LogP contribution < -0.4 is 4.74 Å². The maximum atomic E-state index is 6.03. The molecule has 5 rings (SSSR count). The number of benzene rings is 3. The predicted molar refractivity (Wildman–Crippen MR) is 136 cm³/mol. The van der Waals surface area contributed by atoms with Gasteiger partial charge in [0.05, 0.1) is 12.3 Å². The minimum absolute atomic E-state index is 0.562. The Labute approximate surface area is 202 Å². The van der Waals surface area contributed by atoms with Crippen LogP contribution in [-0.2, 0) is 13.0 Å². The van der Waals surface area contributed by atoms with Gasteiger partial charge in [-0.15, -0.1) is 0 Å². The highest BCUT2D eigenvalue weighted by molar-refractivity contribution is 5.53. The summed E-state index contributed by atoms with van der Waals surface area (Å²) >= 11 is 0. The summed E-state index contributed by atoms with van der Waals surface area (Å²) in [5.74, 6) is 3.63. The Morgan fingerprint density at radius 1 is 0.912 bits per heavy atom. The standard InChI is InChI=1S/C30H32N2O2/c1-22-19-32(20-24-9-5-3-6-10-24)21-28(22)25-13-15-27(16-14-25)33-18-17-29-23(2)34-30(31-29)26-11-7-4-8-12-26/h3-16,22,28H,17-21H2,1-2H3/t22-,28-/m0/s1. The molecule has 1 saturated heterocycles. The summed E-state index contributed by atoms with van der Waals surface area (Å²) in [5.41, 5.74) is 4.73. The normalized spacial score (nSPS) is 18.3. The highest BCUT2D eigenvalue weighted by atomic mass is 16.5. The van der Waals surface area contributed by atoms with Crippen molar-refractivity contribution >= 4 is 0 Å². The van der Waals surface area contributed by atoms with Gasteiger partial charge in [0, 0.05) is 37.5 Å². The summed E-state index contributed by atoms with van der Waals surface area (Å²) < 4.78 is 11.9. The average Bonchev–Trinajstić information content (AvgIpc) is 3.42. The first-order chi connectivity index (χ1) is 16.7. The third-order valence-corrected chi connectivity index (χ3v) is 6.77. The fourth-order valence-corrected chi connectivity index (χ4v) is 4.91. The van der Waals surface area contributed by atoms with Crippen molar-refractivity contribution in [1.29, 1.82) is 0 Å². The zero-order chi connectivity index (χ0) is 23.3. The Bertz CT molecular complexity index is 1190. The minimum Gasteiger partial charge on any atom is -0.493 e. The van der Waals surface area contributed by atoms with Crippen LogP contribution in [0.5, 0.6) is 5.75 Å². The zero-order valence-corrected chi connectivity index (χ0v) is 20.0. The molecule has 2 heterocycles. The molecule has 0 N–H and O–H groups in total. The molecule has 4 aromatic rings. The first-order valence-electron chi connectivity index (χ1n) is 12.2. The number of hydrogen-bond donors (Lipinski definition) is 0. The van der Waals surface area contributed by atoms with E-state index < -0.39 is 0 Å². The molecule has 1 aromatic heterocycles. The lowest BCUT2D eigenvalue weighted by Crippen LogP contribution is -2.20. The van der Waals surface area contributed by atoms with Crippen LogP contribution in [0.1, 0.15) is 35.4 Å².